The fourth-order valence-corrected chi connectivity index (χ4v) is 5.39. The Hall–Kier alpha value is -2.66. The molecule has 0 fully saturated rings. The molecule has 0 saturated heterocycles. The van der Waals surface area contributed by atoms with Gasteiger partial charge >= 0.3 is 11.9 Å². The lowest BCUT2D eigenvalue weighted by atomic mass is 10.1. The lowest BCUT2D eigenvalue weighted by Crippen LogP contribution is -2.41. The lowest BCUT2D eigenvalue weighted by Gasteiger charge is -2.36. The van der Waals surface area contributed by atoms with Crippen molar-refractivity contribution in [2.75, 3.05) is 34.5 Å². The zero-order valence-electron chi connectivity index (χ0n) is 28.4. The number of rotatable bonds is 15. The van der Waals surface area contributed by atoms with Gasteiger partial charge in [0, 0.05) is 13.0 Å². The highest BCUT2D eigenvalue weighted by atomic mass is 35.5. The number of carbonyl (C=O) groups excluding carboxylic acids is 2. The molecule has 252 valence electrons. The number of hydrogen-bond acceptors (Lipinski definition) is 9. The Balaban J connectivity index is 2.19. The van der Waals surface area contributed by atoms with Crippen LogP contribution < -0.4 is 18.9 Å². The summed E-state index contributed by atoms with van der Waals surface area (Å²) in [5.41, 5.74) is -0.182. The van der Waals surface area contributed by atoms with Crippen molar-refractivity contribution >= 4 is 43.5 Å². The Kier molecular flexibility index (Phi) is 13.9. The third-order valence-electron chi connectivity index (χ3n) is 7.44. The highest BCUT2D eigenvalue weighted by molar-refractivity contribution is 6.74. The number of hydrogen-bond donors (Lipinski definition) is 0. The number of halogens is 2. The molecule has 0 heterocycles. The molecule has 9 nitrogen and oxygen atoms in total. The number of carbonyl (C=O) groups is 2. The highest BCUT2D eigenvalue weighted by Crippen LogP contribution is 2.39. The summed E-state index contributed by atoms with van der Waals surface area (Å²) in [5.74, 6) is 0.261. The van der Waals surface area contributed by atoms with Gasteiger partial charge in [-0.2, -0.15) is 0 Å². The van der Waals surface area contributed by atoms with Crippen LogP contribution in [0.2, 0.25) is 28.2 Å². The van der Waals surface area contributed by atoms with E-state index >= 15 is 0 Å². The first-order chi connectivity index (χ1) is 20.8. The van der Waals surface area contributed by atoms with Crippen molar-refractivity contribution in [3.8, 4) is 23.0 Å². The van der Waals surface area contributed by atoms with Crippen LogP contribution >= 0.6 is 23.2 Å². The molecule has 1 atom stereocenters. The minimum Gasteiger partial charge on any atom is -0.493 e. The second-order valence-electron chi connectivity index (χ2n) is 13.1. The molecule has 0 aliphatic heterocycles. The van der Waals surface area contributed by atoms with Crippen molar-refractivity contribution in [2.24, 2.45) is 0 Å². The number of methoxy groups -OCH3 is 3. The molecule has 0 saturated carbocycles. The zero-order valence-corrected chi connectivity index (χ0v) is 30.9. The zero-order chi connectivity index (χ0) is 34.2. The van der Waals surface area contributed by atoms with Gasteiger partial charge in [0.05, 0.1) is 44.1 Å². The summed E-state index contributed by atoms with van der Waals surface area (Å²) < 4.78 is 39.9. The molecule has 0 N–H and O–H groups in total. The molecule has 0 amide bonds. The molecule has 2 aromatic rings. The Bertz CT molecular complexity index is 1290. The van der Waals surface area contributed by atoms with E-state index in [2.05, 4.69) is 33.9 Å². The van der Waals surface area contributed by atoms with E-state index in [0.29, 0.717) is 43.1 Å². The summed E-state index contributed by atoms with van der Waals surface area (Å²) in [7, 11) is 2.45. The summed E-state index contributed by atoms with van der Waals surface area (Å²) in [4.78, 5) is 25.9. The van der Waals surface area contributed by atoms with Crippen LogP contribution in [0.3, 0.4) is 0 Å². The van der Waals surface area contributed by atoms with Crippen LogP contribution in [0.25, 0.3) is 0 Å². The maximum absolute atomic E-state index is 13.3. The molecule has 0 radical (unpaired) electrons. The normalized spacial score (nSPS) is 12.7. The number of esters is 2. The largest absolute Gasteiger partial charge is 0.493 e. The quantitative estimate of drug-likeness (QED) is 0.103. The topological polar surface area (TPSA) is 98.8 Å². The van der Waals surface area contributed by atoms with E-state index in [-0.39, 0.29) is 38.6 Å². The van der Waals surface area contributed by atoms with Gasteiger partial charge in [0.2, 0.25) is 5.75 Å². The van der Waals surface area contributed by atoms with Crippen LogP contribution in [0.5, 0.6) is 23.0 Å². The Morgan fingerprint density at radius 2 is 1.33 bits per heavy atom. The van der Waals surface area contributed by atoms with Crippen molar-refractivity contribution in [1.29, 1.82) is 0 Å². The Morgan fingerprint density at radius 3 is 1.84 bits per heavy atom. The number of benzene rings is 2. The summed E-state index contributed by atoms with van der Waals surface area (Å²) in [6.07, 6.45) is 1.01. The van der Waals surface area contributed by atoms with E-state index in [9.17, 15) is 9.59 Å². The van der Waals surface area contributed by atoms with Gasteiger partial charge in [0.25, 0.3) is 0 Å². The molecule has 0 aliphatic carbocycles. The van der Waals surface area contributed by atoms with Crippen molar-refractivity contribution in [2.45, 2.75) is 90.6 Å². The summed E-state index contributed by atoms with van der Waals surface area (Å²) >= 11 is 12.7. The van der Waals surface area contributed by atoms with Gasteiger partial charge in [-0.1, -0.05) is 44.0 Å². The van der Waals surface area contributed by atoms with Crippen LogP contribution in [-0.2, 0) is 13.9 Å². The average molecular weight is 688 g/mol. The van der Waals surface area contributed by atoms with Crippen LogP contribution in [0.15, 0.2) is 24.3 Å². The fourth-order valence-electron chi connectivity index (χ4n) is 3.96. The van der Waals surface area contributed by atoms with E-state index < -0.39 is 32.0 Å². The van der Waals surface area contributed by atoms with Crippen LogP contribution in [-0.4, -0.2) is 66.5 Å². The standard InChI is InChI=1S/C33H48Cl2O9Si/c1-32(2,3)44-31(37)21-17-24(34)28(35)25(18-21)41-15-12-13-23(14-16-42-45(10,11)33(4,5)6)43-30(36)22-19-26(38-7)29(40-9)27(20-22)39-8/h17-20,23H,12-16H2,1-11H3. The number of ether oxygens (including phenoxy) is 6. The van der Waals surface area contributed by atoms with Crippen molar-refractivity contribution < 1.29 is 42.4 Å². The monoisotopic (exact) mass is 686 g/mol. The molecule has 0 bridgehead atoms. The first-order valence-corrected chi connectivity index (χ1v) is 18.5. The molecular formula is C33H48Cl2O9Si. The first-order valence-electron chi connectivity index (χ1n) is 14.8. The van der Waals surface area contributed by atoms with Gasteiger partial charge in [0.1, 0.15) is 22.5 Å². The predicted octanol–water partition coefficient (Wildman–Crippen LogP) is 8.77. The van der Waals surface area contributed by atoms with Crippen LogP contribution in [0.1, 0.15) is 81.5 Å². The molecule has 1 unspecified atom stereocenters. The third-order valence-corrected chi connectivity index (χ3v) is 12.8. The minimum atomic E-state index is -2.01. The van der Waals surface area contributed by atoms with Crippen molar-refractivity contribution in [3.63, 3.8) is 0 Å². The van der Waals surface area contributed by atoms with Crippen molar-refractivity contribution in [3.05, 3.63) is 45.4 Å². The fraction of sp³-hybridized carbons (Fsp3) is 0.576. The smallest absolute Gasteiger partial charge is 0.338 e. The molecule has 12 heteroatoms. The van der Waals surface area contributed by atoms with E-state index in [0.717, 1.165) is 0 Å². The molecular weight excluding hydrogens is 639 g/mol. The first kappa shape index (κ1) is 38.5. The maximum Gasteiger partial charge on any atom is 0.338 e. The minimum absolute atomic E-state index is 0.0393. The van der Waals surface area contributed by atoms with Gasteiger partial charge in [-0.25, -0.2) is 9.59 Å². The molecule has 0 aromatic heterocycles. The SMILES string of the molecule is COc1cc(C(=O)OC(CCCOc2cc(C(=O)OC(C)(C)C)cc(Cl)c2Cl)CCO[Si](C)(C)C(C)(C)C)cc(OC)c1OC. The van der Waals surface area contributed by atoms with Gasteiger partial charge in [-0.15, -0.1) is 0 Å². The predicted molar refractivity (Wildman–Crippen MR) is 179 cm³/mol. The summed E-state index contributed by atoms with van der Waals surface area (Å²) in [5, 5.41) is 0.407. The summed E-state index contributed by atoms with van der Waals surface area (Å²) in [6, 6.07) is 6.07. The average Bonchev–Trinajstić information content (AvgIpc) is 2.94. The molecule has 0 spiro atoms. The van der Waals surface area contributed by atoms with Gasteiger partial charge in [0.15, 0.2) is 19.8 Å². The Labute approximate surface area is 278 Å². The molecule has 45 heavy (non-hydrogen) atoms. The van der Waals surface area contributed by atoms with Crippen LogP contribution in [0, 0.1) is 0 Å². The van der Waals surface area contributed by atoms with Gasteiger partial charge in [-0.05, 0) is 76.0 Å². The van der Waals surface area contributed by atoms with Gasteiger partial charge in [-0.3, -0.25) is 0 Å². The molecule has 0 aliphatic rings. The van der Waals surface area contributed by atoms with Crippen molar-refractivity contribution in [1.82, 2.24) is 0 Å². The Morgan fingerprint density at radius 1 is 0.778 bits per heavy atom. The molecule has 2 aromatic carbocycles. The van der Waals surface area contributed by atoms with E-state index in [1.54, 1.807) is 32.9 Å². The summed E-state index contributed by atoms with van der Waals surface area (Å²) in [6.45, 7) is 16.9. The lowest BCUT2D eigenvalue weighted by molar-refractivity contribution is 0.00685. The van der Waals surface area contributed by atoms with Crippen LogP contribution in [0.4, 0.5) is 0 Å². The van der Waals surface area contributed by atoms with E-state index in [4.69, 9.17) is 56.0 Å². The molecule has 2 rings (SSSR count). The van der Waals surface area contributed by atoms with Gasteiger partial charge < -0.3 is 32.8 Å². The van der Waals surface area contributed by atoms with E-state index in [1.165, 1.54) is 33.5 Å². The van der Waals surface area contributed by atoms with E-state index in [1.807, 2.05) is 0 Å². The third kappa shape index (κ3) is 11.3. The maximum atomic E-state index is 13.3. The highest BCUT2D eigenvalue weighted by Gasteiger charge is 2.37. The second kappa shape index (κ2) is 16.2. The second-order valence-corrected chi connectivity index (χ2v) is 18.7.